The maximum absolute atomic E-state index is 11.6. The minimum atomic E-state index is -0.113. The monoisotopic (exact) mass is 263 g/mol. The molecule has 0 heterocycles. The average molecular weight is 263 g/mol. The molecule has 1 aromatic rings. The number of anilines is 2. The molecule has 0 aromatic heterocycles. The van der Waals surface area contributed by atoms with E-state index in [-0.39, 0.29) is 18.1 Å². The molecule has 1 aliphatic rings. The Morgan fingerprint density at radius 1 is 1.42 bits per heavy atom. The van der Waals surface area contributed by atoms with Crippen LogP contribution in [0.2, 0.25) is 0 Å². The number of ether oxygens (including phenoxy) is 1. The molecule has 5 heteroatoms. The molecule has 5 nitrogen and oxygen atoms in total. The second kappa shape index (κ2) is 5.93. The summed E-state index contributed by atoms with van der Waals surface area (Å²) in [6.45, 7) is 0. The van der Waals surface area contributed by atoms with Crippen LogP contribution < -0.4 is 16.4 Å². The Balaban J connectivity index is 2.17. The van der Waals surface area contributed by atoms with Gasteiger partial charge in [-0.2, -0.15) is 0 Å². The predicted molar refractivity (Wildman–Crippen MR) is 76.3 cm³/mol. The molecule has 1 fully saturated rings. The molecule has 4 N–H and O–H groups in total. The maximum atomic E-state index is 11.6. The minimum absolute atomic E-state index is 0.113. The van der Waals surface area contributed by atoms with Gasteiger partial charge >= 0.3 is 0 Å². The van der Waals surface area contributed by atoms with Gasteiger partial charge in [-0.05, 0) is 37.5 Å². The standard InChI is InChI=1S/C14H21N3O2/c1-16-14(18)9-6-7-10(15)12(8-9)17-11-4-3-5-13(11)19-2/h6-8,11,13,17H,3-5,15H2,1-2H3,(H,16,18). The number of carbonyl (C=O) groups excluding carboxylic acids is 1. The van der Waals surface area contributed by atoms with Gasteiger partial charge in [0.25, 0.3) is 5.91 Å². The summed E-state index contributed by atoms with van der Waals surface area (Å²) < 4.78 is 5.45. The van der Waals surface area contributed by atoms with Gasteiger partial charge in [-0.3, -0.25) is 4.79 Å². The number of nitrogens with one attached hydrogen (secondary N) is 2. The van der Waals surface area contributed by atoms with Gasteiger partial charge in [0.1, 0.15) is 0 Å². The molecule has 0 bridgehead atoms. The van der Waals surface area contributed by atoms with Crippen LogP contribution in [0.25, 0.3) is 0 Å². The molecule has 2 unspecified atom stereocenters. The summed E-state index contributed by atoms with van der Waals surface area (Å²) >= 11 is 0. The van der Waals surface area contributed by atoms with E-state index in [0.717, 1.165) is 24.9 Å². The summed E-state index contributed by atoms with van der Waals surface area (Å²) in [4.78, 5) is 11.6. The van der Waals surface area contributed by atoms with Gasteiger partial charge in [0, 0.05) is 19.7 Å². The summed E-state index contributed by atoms with van der Waals surface area (Å²) in [5.41, 5.74) is 8.01. The van der Waals surface area contributed by atoms with E-state index in [2.05, 4.69) is 10.6 Å². The molecule has 104 valence electrons. The Bertz CT molecular complexity index is 462. The first-order valence-corrected chi connectivity index (χ1v) is 6.56. The molecule has 0 saturated heterocycles. The van der Waals surface area contributed by atoms with E-state index in [1.165, 1.54) is 0 Å². The number of nitrogens with two attached hydrogens (primary N) is 1. The van der Waals surface area contributed by atoms with Gasteiger partial charge in [-0.15, -0.1) is 0 Å². The Morgan fingerprint density at radius 3 is 2.89 bits per heavy atom. The lowest BCUT2D eigenvalue weighted by atomic mass is 10.1. The number of hydrogen-bond acceptors (Lipinski definition) is 4. The molecule has 1 saturated carbocycles. The van der Waals surface area contributed by atoms with Crippen molar-refractivity contribution in [3.05, 3.63) is 23.8 Å². The maximum Gasteiger partial charge on any atom is 0.251 e. The topological polar surface area (TPSA) is 76.4 Å². The first-order chi connectivity index (χ1) is 9.15. The van der Waals surface area contributed by atoms with E-state index in [0.29, 0.717) is 11.3 Å². The molecule has 1 aromatic carbocycles. The Kier molecular flexibility index (Phi) is 4.27. The van der Waals surface area contributed by atoms with Gasteiger partial charge < -0.3 is 21.1 Å². The zero-order valence-corrected chi connectivity index (χ0v) is 11.4. The molecular formula is C14H21N3O2. The SMILES string of the molecule is CNC(=O)c1ccc(N)c(NC2CCCC2OC)c1. The summed E-state index contributed by atoms with van der Waals surface area (Å²) in [5.74, 6) is -0.113. The Morgan fingerprint density at radius 2 is 2.21 bits per heavy atom. The van der Waals surface area contributed by atoms with Gasteiger partial charge in [0.2, 0.25) is 0 Å². The Hall–Kier alpha value is -1.75. The third-order valence-electron chi connectivity index (χ3n) is 3.64. The van der Waals surface area contributed by atoms with Gasteiger partial charge in [-0.25, -0.2) is 0 Å². The third-order valence-corrected chi connectivity index (χ3v) is 3.64. The predicted octanol–water partition coefficient (Wildman–Crippen LogP) is 1.61. The van der Waals surface area contributed by atoms with Crippen LogP contribution in [0.4, 0.5) is 11.4 Å². The van der Waals surface area contributed by atoms with Crippen molar-refractivity contribution in [1.29, 1.82) is 0 Å². The van der Waals surface area contributed by atoms with Crippen molar-refractivity contribution in [1.82, 2.24) is 5.32 Å². The lowest BCUT2D eigenvalue weighted by Gasteiger charge is -2.22. The number of methoxy groups -OCH3 is 1. The normalized spacial score (nSPS) is 22.2. The molecule has 1 amide bonds. The van der Waals surface area contributed by atoms with Crippen LogP contribution in [0, 0.1) is 0 Å². The molecule has 0 aliphatic heterocycles. The fourth-order valence-corrected chi connectivity index (χ4v) is 2.54. The van der Waals surface area contributed by atoms with Crippen molar-refractivity contribution in [2.24, 2.45) is 0 Å². The van der Waals surface area contributed by atoms with Crippen LogP contribution in [0.1, 0.15) is 29.6 Å². The Labute approximate surface area is 113 Å². The first kappa shape index (κ1) is 13.7. The van der Waals surface area contributed by atoms with Crippen molar-refractivity contribution in [3.8, 4) is 0 Å². The van der Waals surface area contributed by atoms with Gasteiger partial charge in [0.15, 0.2) is 0 Å². The highest BCUT2D eigenvalue weighted by Gasteiger charge is 2.27. The van der Waals surface area contributed by atoms with Crippen molar-refractivity contribution in [2.75, 3.05) is 25.2 Å². The molecule has 0 spiro atoms. The lowest BCUT2D eigenvalue weighted by molar-refractivity contribution is 0.0963. The molecule has 19 heavy (non-hydrogen) atoms. The van der Waals surface area contributed by atoms with E-state index >= 15 is 0 Å². The number of nitrogen functional groups attached to an aromatic ring is 1. The molecule has 2 atom stereocenters. The zero-order valence-electron chi connectivity index (χ0n) is 11.4. The summed E-state index contributed by atoms with van der Waals surface area (Å²) in [6.07, 6.45) is 3.47. The fraction of sp³-hybridized carbons (Fsp3) is 0.500. The van der Waals surface area contributed by atoms with E-state index < -0.39 is 0 Å². The highest BCUT2D eigenvalue weighted by atomic mass is 16.5. The number of rotatable bonds is 4. The zero-order chi connectivity index (χ0) is 13.8. The van der Waals surface area contributed by atoms with Gasteiger partial charge in [-0.1, -0.05) is 0 Å². The van der Waals surface area contributed by atoms with Crippen LogP contribution in [0.5, 0.6) is 0 Å². The quantitative estimate of drug-likeness (QED) is 0.721. The van der Waals surface area contributed by atoms with E-state index in [4.69, 9.17) is 10.5 Å². The van der Waals surface area contributed by atoms with Crippen LogP contribution in [-0.4, -0.2) is 32.2 Å². The fourth-order valence-electron chi connectivity index (χ4n) is 2.54. The number of carbonyl (C=O) groups is 1. The van der Waals surface area contributed by atoms with Crippen molar-refractivity contribution in [2.45, 2.75) is 31.4 Å². The second-order valence-corrected chi connectivity index (χ2v) is 4.84. The van der Waals surface area contributed by atoms with Crippen LogP contribution in [-0.2, 0) is 4.74 Å². The molecular weight excluding hydrogens is 242 g/mol. The van der Waals surface area contributed by atoms with Crippen LogP contribution >= 0.6 is 0 Å². The summed E-state index contributed by atoms with van der Waals surface area (Å²) in [6, 6.07) is 5.53. The minimum Gasteiger partial charge on any atom is -0.397 e. The third kappa shape index (κ3) is 2.98. The number of benzene rings is 1. The highest BCUT2D eigenvalue weighted by molar-refractivity contribution is 5.96. The number of hydrogen-bond donors (Lipinski definition) is 3. The summed E-state index contributed by atoms with van der Waals surface area (Å²) in [5, 5.41) is 6.01. The van der Waals surface area contributed by atoms with Crippen LogP contribution in [0.3, 0.4) is 0 Å². The van der Waals surface area contributed by atoms with E-state index in [1.54, 1.807) is 32.4 Å². The van der Waals surface area contributed by atoms with E-state index in [1.807, 2.05) is 0 Å². The highest BCUT2D eigenvalue weighted by Crippen LogP contribution is 2.28. The van der Waals surface area contributed by atoms with Crippen molar-refractivity contribution < 1.29 is 9.53 Å². The number of amides is 1. The first-order valence-electron chi connectivity index (χ1n) is 6.56. The second-order valence-electron chi connectivity index (χ2n) is 4.84. The molecule has 2 rings (SSSR count). The summed E-state index contributed by atoms with van der Waals surface area (Å²) in [7, 11) is 3.35. The molecule has 0 radical (unpaired) electrons. The lowest BCUT2D eigenvalue weighted by Crippen LogP contribution is -2.30. The van der Waals surface area contributed by atoms with E-state index in [9.17, 15) is 4.79 Å². The smallest absolute Gasteiger partial charge is 0.251 e. The van der Waals surface area contributed by atoms with Crippen molar-refractivity contribution >= 4 is 17.3 Å². The van der Waals surface area contributed by atoms with Crippen LogP contribution in [0.15, 0.2) is 18.2 Å². The molecule has 1 aliphatic carbocycles. The van der Waals surface area contributed by atoms with Gasteiger partial charge in [0.05, 0.1) is 23.5 Å². The largest absolute Gasteiger partial charge is 0.397 e. The van der Waals surface area contributed by atoms with Crippen molar-refractivity contribution in [3.63, 3.8) is 0 Å². The average Bonchev–Trinajstić information content (AvgIpc) is 2.87.